The summed E-state index contributed by atoms with van der Waals surface area (Å²) in [6.07, 6.45) is 0. The average Bonchev–Trinajstić information content (AvgIpc) is 2.73. The molecule has 0 aliphatic carbocycles. The van der Waals surface area contributed by atoms with Gasteiger partial charge in [0, 0.05) is 4.88 Å². The molecule has 0 saturated carbocycles. The third-order valence-electron chi connectivity index (χ3n) is 3.80. The minimum Gasteiger partial charge on any atom is -0.292 e. The lowest BCUT2D eigenvalue weighted by molar-refractivity contribution is 0.713. The largest absolute Gasteiger partial charge is 0.292 e. The van der Waals surface area contributed by atoms with E-state index in [1.807, 2.05) is 26.8 Å². The van der Waals surface area contributed by atoms with Crippen LogP contribution in [0.1, 0.15) is 21.8 Å². The minimum atomic E-state index is -0.00424. The highest BCUT2D eigenvalue weighted by molar-refractivity contribution is 7.18. The quantitative estimate of drug-likeness (QED) is 0.667. The highest BCUT2D eigenvalue weighted by Crippen LogP contribution is 2.27. The molecule has 22 heavy (non-hydrogen) atoms. The molecular formula is C16H14Cl2N2OS. The Hall–Kier alpha value is -1.36. The van der Waals surface area contributed by atoms with Crippen molar-refractivity contribution >= 4 is 44.8 Å². The van der Waals surface area contributed by atoms with Gasteiger partial charge in [-0.3, -0.25) is 9.36 Å². The van der Waals surface area contributed by atoms with Crippen LogP contribution in [0.3, 0.4) is 0 Å². The van der Waals surface area contributed by atoms with Gasteiger partial charge in [-0.05, 0) is 44.0 Å². The molecule has 3 aromatic rings. The van der Waals surface area contributed by atoms with Crippen molar-refractivity contribution in [1.29, 1.82) is 0 Å². The van der Waals surface area contributed by atoms with Gasteiger partial charge in [-0.2, -0.15) is 0 Å². The van der Waals surface area contributed by atoms with Crippen LogP contribution in [-0.4, -0.2) is 9.55 Å². The summed E-state index contributed by atoms with van der Waals surface area (Å²) in [6.45, 7) is 6.26. The van der Waals surface area contributed by atoms with Crippen LogP contribution >= 0.6 is 34.5 Å². The predicted octanol–water partition coefficient (Wildman–Crippen LogP) is 4.74. The molecule has 3 rings (SSSR count). The molecule has 114 valence electrons. The Morgan fingerprint density at radius 1 is 1.18 bits per heavy atom. The first-order valence-electron chi connectivity index (χ1n) is 6.79. The molecule has 0 aliphatic rings. The second kappa shape index (κ2) is 5.69. The first-order valence-corrected chi connectivity index (χ1v) is 8.37. The molecule has 2 aromatic heterocycles. The van der Waals surface area contributed by atoms with Crippen molar-refractivity contribution in [1.82, 2.24) is 9.55 Å². The molecule has 3 nitrogen and oxygen atoms in total. The summed E-state index contributed by atoms with van der Waals surface area (Å²) in [5.41, 5.74) is 1.93. The van der Waals surface area contributed by atoms with Gasteiger partial charge >= 0.3 is 0 Å². The number of rotatable bonds is 2. The van der Waals surface area contributed by atoms with E-state index in [1.165, 1.54) is 0 Å². The van der Waals surface area contributed by atoms with Gasteiger partial charge in [-0.15, -0.1) is 11.3 Å². The lowest BCUT2D eigenvalue weighted by Gasteiger charge is -2.10. The average molecular weight is 353 g/mol. The Kier molecular flexibility index (Phi) is 4.02. The first kappa shape index (κ1) is 15.5. The van der Waals surface area contributed by atoms with E-state index in [0.717, 1.165) is 20.8 Å². The van der Waals surface area contributed by atoms with Crippen LogP contribution < -0.4 is 5.56 Å². The molecule has 0 radical (unpaired) electrons. The minimum absolute atomic E-state index is 0.00424. The lowest BCUT2D eigenvalue weighted by Crippen LogP contribution is -2.24. The summed E-state index contributed by atoms with van der Waals surface area (Å²) in [5, 5.41) is 1.71. The van der Waals surface area contributed by atoms with E-state index in [0.29, 0.717) is 27.8 Å². The van der Waals surface area contributed by atoms with Crippen molar-refractivity contribution in [3.05, 3.63) is 60.4 Å². The number of aromatic nitrogens is 2. The molecule has 0 atom stereocenters. The van der Waals surface area contributed by atoms with Crippen LogP contribution in [0.15, 0.2) is 23.0 Å². The van der Waals surface area contributed by atoms with E-state index in [1.54, 1.807) is 28.0 Å². The molecule has 0 spiro atoms. The highest BCUT2D eigenvalue weighted by atomic mass is 35.5. The number of halogens is 2. The van der Waals surface area contributed by atoms with Crippen molar-refractivity contribution in [3.8, 4) is 0 Å². The fourth-order valence-electron chi connectivity index (χ4n) is 2.44. The third kappa shape index (κ3) is 2.56. The van der Waals surface area contributed by atoms with Crippen molar-refractivity contribution in [3.63, 3.8) is 0 Å². The zero-order chi connectivity index (χ0) is 16.0. The standard InChI is InChI=1S/C16H14Cl2N2OS/c1-8-9(2)22-15-14(8)16(21)20(10(3)19-15)7-11-4-5-12(17)13(18)6-11/h4-6H,7H2,1-3H3. The molecule has 0 bridgehead atoms. The maximum Gasteiger partial charge on any atom is 0.262 e. The van der Waals surface area contributed by atoms with Crippen molar-refractivity contribution in [2.24, 2.45) is 0 Å². The van der Waals surface area contributed by atoms with Crippen LogP contribution in [0.5, 0.6) is 0 Å². The molecule has 0 N–H and O–H groups in total. The number of fused-ring (bicyclic) bond motifs is 1. The van der Waals surface area contributed by atoms with E-state index in [9.17, 15) is 4.79 Å². The van der Waals surface area contributed by atoms with E-state index in [2.05, 4.69) is 4.98 Å². The van der Waals surface area contributed by atoms with Gasteiger partial charge in [0.2, 0.25) is 0 Å². The summed E-state index contributed by atoms with van der Waals surface area (Å²) in [5.74, 6) is 0.699. The van der Waals surface area contributed by atoms with Gasteiger partial charge in [0.05, 0.1) is 22.0 Å². The zero-order valence-corrected chi connectivity index (χ0v) is 14.7. The molecule has 6 heteroatoms. The Morgan fingerprint density at radius 2 is 1.91 bits per heavy atom. The van der Waals surface area contributed by atoms with E-state index in [-0.39, 0.29) is 5.56 Å². The monoisotopic (exact) mass is 352 g/mol. The van der Waals surface area contributed by atoms with Crippen LogP contribution in [0.2, 0.25) is 10.0 Å². The third-order valence-corrected chi connectivity index (χ3v) is 5.64. The topological polar surface area (TPSA) is 34.9 Å². The number of benzene rings is 1. The van der Waals surface area contributed by atoms with Crippen molar-refractivity contribution in [2.75, 3.05) is 0 Å². The molecule has 0 saturated heterocycles. The van der Waals surface area contributed by atoms with Crippen LogP contribution in [0.4, 0.5) is 0 Å². The van der Waals surface area contributed by atoms with E-state index >= 15 is 0 Å². The Labute approximate surface area is 142 Å². The normalized spacial score (nSPS) is 11.3. The molecule has 0 amide bonds. The second-order valence-electron chi connectivity index (χ2n) is 5.26. The second-order valence-corrected chi connectivity index (χ2v) is 7.28. The first-order chi connectivity index (χ1) is 10.4. The fourth-order valence-corrected chi connectivity index (χ4v) is 3.82. The summed E-state index contributed by atoms with van der Waals surface area (Å²) in [6, 6.07) is 5.40. The maximum absolute atomic E-state index is 12.8. The molecule has 2 heterocycles. The highest BCUT2D eigenvalue weighted by Gasteiger charge is 2.15. The smallest absolute Gasteiger partial charge is 0.262 e. The van der Waals surface area contributed by atoms with Crippen LogP contribution in [-0.2, 0) is 6.54 Å². The predicted molar refractivity (Wildman–Crippen MR) is 93.7 cm³/mol. The maximum atomic E-state index is 12.8. The van der Waals surface area contributed by atoms with Gasteiger partial charge in [0.1, 0.15) is 10.7 Å². The fraction of sp³-hybridized carbons (Fsp3) is 0.250. The van der Waals surface area contributed by atoms with Crippen LogP contribution in [0.25, 0.3) is 10.2 Å². The molecule has 0 aliphatic heterocycles. The Bertz CT molecular complexity index is 943. The summed E-state index contributed by atoms with van der Waals surface area (Å²) in [4.78, 5) is 19.3. The number of hydrogen-bond acceptors (Lipinski definition) is 3. The summed E-state index contributed by atoms with van der Waals surface area (Å²) >= 11 is 13.5. The van der Waals surface area contributed by atoms with Gasteiger partial charge in [0.25, 0.3) is 5.56 Å². The number of hydrogen-bond donors (Lipinski definition) is 0. The number of aryl methyl sites for hydroxylation is 3. The van der Waals surface area contributed by atoms with Gasteiger partial charge < -0.3 is 0 Å². The van der Waals surface area contributed by atoms with Crippen LogP contribution in [0, 0.1) is 20.8 Å². The van der Waals surface area contributed by atoms with E-state index in [4.69, 9.17) is 23.2 Å². The van der Waals surface area contributed by atoms with Crippen molar-refractivity contribution < 1.29 is 0 Å². The SMILES string of the molecule is Cc1sc2nc(C)n(Cc3ccc(Cl)c(Cl)c3)c(=O)c2c1C. The van der Waals surface area contributed by atoms with E-state index < -0.39 is 0 Å². The molecule has 0 unspecified atom stereocenters. The number of nitrogens with zero attached hydrogens (tertiary/aromatic N) is 2. The number of thiophene rings is 1. The zero-order valence-electron chi connectivity index (χ0n) is 12.4. The summed E-state index contributed by atoms with van der Waals surface area (Å²) < 4.78 is 1.68. The lowest BCUT2D eigenvalue weighted by atomic mass is 10.2. The Balaban J connectivity index is 2.16. The van der Waals surface area contributed by atoms with Gasteiger partial charge in [-0.25, -0.2) is 4.98 Å². The van der Waals surface area contributed by atoms with Gasteiger partial charge in [-0.1, -0.05) is 29.3 Å². The molecule has 1 aromatic carbocycles. The molecule has 0 fully saturated rings. The molecular weight excluding hydrogens is 339 g/mol. The summed E-state index contributed by atoms with van der Waals surface area (Å²) in [7, 11) is 0. The van der Waals surface area contributed by atoms with Gasteiger partial charge in [0.15, 0.2) is 0 Å². The van der Waals surface area contributed by atoms with Crippen molar-refractivity contribution in [2.45, 2.75) is 27.3 Å². The Morgan fingerprint density at radius 3 is 2.59 bits per heavy atom.